The molecule has 1 N–H and O–H groups in total. The van der Waals surface area contributed by atoms with Crippen LogP contribution in [0, 0.1) is 24.4 Å². The van der Waals surface area contributed by atoms with E-state index in [1.54, 1.807) is 0 Å². The van der Waals surface area contributed by atoms with Crippen molar-refractivity contribution in [1.82, 2.24) is 14.5 Å². The first-order valence-corrected chi connectivity index (χ1v) is 11.6. The van der Waals surface area contributed by atoms with E-state index in [0.717, 1.165) is 40.5 Å². The number of hydrogen-bond donors (Lipinski definition) is 1. The van der Waals surface area contributed by atoms with E-state index in [1.165, 1.54) is 38.3 Å². The van der Waals surface area contributed by atoms with Crippen LogP contribution in [-0.4, -0.2) is 28.3 Å². The molecule has 10 heteroatoms. The lowest BCUT2D eigenvalue weighted by molar-refractivity contribution is 0.294. The number of nitrogens with one attached hydrogen (secondary N) is 1. The molecule has 0 radical (unpaired) electrons. The van der Waals surface area contributed by atoms with Gasteiger partial charge in [0.15, 0.2) is 11.6 Å². The van der Waals surface area contributed by atoms with E-state index >= 15 is 4.39 Å². The molecule has 1 aliphatic carbocycles. The van der Waals surface area contributed by atoms with Crippen molar-refractivity contribution in [3.8, 4) is 16.9 Å². The maximum Gasteiger partial charge on any atom is 0.331 e. The first kappa shape index (κ1) is 27.5. The summed E-state index contributed by atoms with van der Waals surface area (Å²) in [4.78, 5) is 27.0. The molecule has 1 unspecified atom stereocenters. The molecule has 2 aromatic carbocycles. The van der Waals surface area contributed by atoms with Crippen molar-refractivity contribution < 1.29 is 17.9 Å². The molecule has 6 nitrogen and oxygen atoms in total. The average molecular weight is 524 g/mol. The van der Waals surface area contributed by atoms with Crippen LogP contribution in [0.25, 0.3) is 11.1 Å². The number of rotatable bonds is 8. The highest BCUT2D eigenvalue weighted by molar-refractivity contribution is 5.85. The van der Waals surface area contributed by atoms with Gasteiger partial charge < -0.3 is 10.1 Å². The van der Waals surface area contributed by atoms with Gasteiger partial charge in [0.25, 0.3) is 5.56 Å². The van der Waals surface area contributed by atoms with Crippen LogP contribution in [-0.2, 0) is 13.1 Å². The minimum absolute atomic E-state index is 0. The highest BCUT2D eigenvalue weighted by Crippen LogP contribution is 2.29. The Morgan fingerprint density at radius 1 is 1.06 bits per heavy atom. The van der Waals surface area contributed by atoms with Crippen LogP contribution in [0.1, 0.15) is 37.4 Å². The summed E-state index contributed by atoms with van der Waals surface area (Å²) in [6.45, 7) is 2.90. The van der Waals surface area contributed by atoms with E-state index < -0.39 is 35.2 Å². The summed E-state index contributed by atoms with van der Waals surface area (Å²) < 4.78 is 51.3. The summed E-state index contributed by atoms with van der Waals surface area (Å²) in [5.41, 5.74) is -1.72. The lowest BCUT2D eigenvalue weighted by Crippen LogP contribution is -2.49. The highest BCUT2D eigenvalue weighted by Gasteiger charge is 2.25. The second-order valence-corrected chi connectivity index (χ2v) is 8.96. The molecule has 1 fully saturated rings. The van der Waals surface area contributed by atoms with Gasteiger partial charge in [0.1, 0.15) is 11.6 Å². The molecule has 194 valence electrons. The summed E-state index contributed by atoms with van der Waals surface area (Å²) in [5.74, 6) is -2.46. The minimum Gasteiger partial charge on any atom is -0.494 e. The molecule has 3 aromatic rings. The number of halogens is 4. The predicted octanol–water partition coefficient (Wildman–Crippen LogP) is 4.41. The first-order valence-electron chi connectivity index (χ1n) is 11.6. The van der Waals surface area contributed by atoms with Gasteiger partial charge in [-0.05, 0) is 44.9 Å². The molecule has 0 spiro atoms. The van der Waals surface area contributed by atoms with Crippen molar-refractivity contribution in [2.24, 2.45) is 0 Å². The van der Waals surface area contributed by atoms with E-state index in [2.05, 4.69) is 5.32 Å². The third-order valence-corrected chi connectivity index (χ3v) is 6.60. The van der Waals surface area contributed by atoms with Crippen LogP contribution in [0.4, 0.5) is 13.2 Å². The van der Waals surface area contributed by atoms with Crippen molar-refractivity contribution >= 4 is 12.4 Å². The zero-order chi connectivity index (χ0) is 25.3. The first-order chi connectivity index (χ1) is 16.7. The zero-order valence-electron chi connectivity index (χ0n) is 20.3. The molecular weight excluding hydrogens is 495 g/mol. The zero-order valence-corrected chi connectivity index (χ0v) is 21.1. The van der Waals surface area contributed by atoms with Gasteiger partial charge in [-0.15, -0.1) is 12.4 Å². The number of hydrogen-bond acceptors (Lipinski definition) is 4. The van der Waals surface area contributed by atoms with E-state index in [9.17, 15) is 18.4 Å². The molecule has 1 aromatic heterocycles. The molecule has 1 aliphatic rings. The molecule has 1 saturated carbocycles. The summed E-state index contributed by atoms with van der Waals surface area (Å²) in [6.07, 6.45) is 3.16. The largest absolute Gasteiger partial charge is 0.494 e. The Labute approximate surface area is 213 Å². The Bertz CT molecular complexity index is 1350. The van der Waals surface area contributed by atoms with Gasteiger partial charge in [-0.2, -0.15) is 0 Å². The molecule has 0 amide bonds. The quantitative estimate of drug-likeness (QED) is 0.475. The van der Waals surface area contributed by atoms with Crippen molar-refractivity contribution in [2.45, 2.75) is 58.3 Å². The number of nitrogens with zero attached hydrogens (tertiary/aromatic N) is 2. The van der Waals surface area contributed by atoms with Gasteiger partial charge in [0.05, 0.1) is 19.2 Å². The summed E-state index contributed by atoms with van der Waals surface area (Å²) in [6, 6.07) is 7.89. The summed E-state index contributed by atoms with van der Waals surface area (Å²) >= 11 is 0. The van der Waals surface area contributed by atoms with Crippen molar-refractivity contribution in [3.63, 3.8) is 0 Å². The van der Waals surface area contributed by atoms with Crippen LogP contribution in [0.5, 0.6) is 5.75 Å². The van der Waals surface area contributed by atoms with Crippen molar-refractivity contribution in [2.75, 3.05) is 7.11 Å². The smallest absolute Gasteiger partial charge is 0.331 e. The minimum atomic E-state index is -0.817. The topological polar surface area (TPSA) is 65.3 Å². The Kier molecular flexibility index (Phi) is 8.68. The van der Waals surface area contributed by atoms with Crippen LogP contribution < -0.4 is 21.3 Å². The number of aromatic nitrogens is 2. The van der Waals surface area contributed by atoms with E-state index in [-0.39, 0.29) is 53.1 Å². The fourth-order valence-corrected chi connectivity index (χ4v) is 4.46. The molecule has 0 bridgehead atoms. The fraction of sp³-hybridized carbons (Fsp3) is 0.385. The van der Waals surface area contributed by atoms with Gasteiger partial charge >= 0.3 is 5.69 Å². The number of benzene rings is 2. The van der Waals surface area contributed by atoms with Gasteiger partial charge in [-0.3, -0.25) is 13.9 Å². The normalized spacial score (nSPS) is 14.2. The van der Waals surface area contributed by atoms with Gasteiger partial charge in [-0.1, -0.05) is 24.6 Å². The van der Waals surface area contributed by atoms with Crippen LogP contribution >= 0.6 is 12.4 Å². The lowest BCUT2D eigenvalue weighted by Gasteiger charge is -2.30. The second-order valence-electron chi connectivity index (χ2n) is 8.96. The van der Waals surface area contributed by atoms with Crippen LogP contribution in [0.2, 0.25) is 0 Å². The molecule has 0 aliphatic heterocycles. The van der Waals surface area contributed by atoms with Crippen LogP contribution in [0.15, 0.2) is 46.0 Å². The Morgan fingerprint density at radius 2 is 1.69 bits per heavy atom. The number of ether oxygens (including phenoxy) is 1. The summed E-state index contributed by atoms with van der Waals surface area (Å²) in [5, 5.41) is 3.39. The maximum absolute atomic E-state index is 15.2. The van der Waals surface area contributed by atoms with Gasteiger partial charge in [0.2, 0.25) is 0 Å². The Balaban J connectivity index is 0.00000361. The standard InChI is InChI=1S/C26H28F3N3O3.ClH/c1-15(30-17-7-4-8-17)13-32-25(33)23(18-9-5-12-22(35-3)24(18)29)16(2)31(26(32)34)14-19-20(27)10-6-11-21(19)28;/h5-6,9-12,15,17,30H,4,7-8,13-14H2,1-3H3;1H. The SMILES string of the molecule is COc1cccc(-c2c(C)n(Cc3c(F)cccc3F)c(=O)n(CC(C)NC3CCC3)c2=O)c1F.Cl. The highest BCUT2D eigenvalue weighted by atomic mass is 35.5. The molecule has 1 atom stereocenters. The maximum atomic E-state index is 15.2. The lowest BCUT2D eigenvalue weighted by atomic mass is 9.92. The molecule has 0 saturated heterocycles. The van der Waals surface area contributed by atoms with Gasteiger partial charge in [-0.25, -0.2) is 18.0 Å². The third-order valence-electron chi connectivity index (χ3n) is 6.60. The summed E-state index contributed by atoms with van der Waals surface area (Å²) in [7, 11) is 1.31. The van der Waals surface area contributed by atoms with E-state index in [1.807, 2.05) is 6.92 Å². The van der Waals surface area contributed by atoms with E-state index in [4.69, 9.17) is 4.74 Å². The molecule has 4 rings (SSSR count). The van der Waals surface area contributed by atoms with Crippen LogP contribution in [0.3, 0.4) is 0 Å². The molecular formula is C26H29ClF3N3O3. The van der Waals surface area contributed by atoms with Gasteiger partial charge in [0, 0.05) is 35.4 Å². The predicted molar refractivity (Wildman–Crippen MR) is 135 cm³/mol. The molecule has 36 heavy (non-hydrogen) atoms. The molecule has 1 heterocycles. The monoisotopic (exact) mass is 523 g/mol. The van der Waals surface area contributed by atoms with Crippen molar-refractivity contribution in [1.29, 1.82) is 0 Å². The third kappa shape index (κ3) is 5.22. The second kappa shape index (κ2) is 11.3. The Morgan fingerprint density at radius 3 is 2.28 bits per heavy atom. The fourth-order valence-electron chi connectivity index (χ4n) is 4.46. The van der Waals surface area contributed by atoms with Crippen molar-refractivity contribution in [3.05, 3.63) is 85.9 Å². The average Bonchev–Trinajstić information content (AvgIpc) is 2.79. The Hall–Kier alpha value is -3.04. The number of methoxy groups -OCH3 is 1. The van der Waals surface area contributed by atoms with E-state index in [0.29, 0.717) is 6.04 Å².